The highest BCUT2D eigenvalue weighted by Crippen LogP contribution is 2.33. The van der Waals surface area contributed by atoms with Gasteiger partial charge in [-0.1, -0.05) is 6.07 Å². The van der Waals surface area contributed by atoms with E-state index in [0.717, 1.165) is 42.4 Å². The molecule has 0 N–H and O–H groups in total. The average Bonchev–Trinajstić information content (AvgIpc) is 3.42. The molecule has 1 aromatic carbocycles. The summed E-state index contributed by atoms with van der Waals surface area (Å²) in [5.74, 6) is 1.62. The third kappa shape index (κ3) is 3.27. The number of benzene rings is 1. The molecule has 1 atom stereocenters. The average molecular weight is 368 g/mol. The van der Waals surface area contributed by atoms with Crippen molar-refractivity contribution in [2.24, 2.45) is 0 Å². The van der Waals surface area contributed by atoms with Crippen molar-refractivity contribution in [1.82, 2.24) is 19.6 Å². The smallest absolute Gasteiger partial charge is 0.231 e. The van der Waals surface area contributed by atoms with Gasteiger partial charge in [-0.2, -0.15) is 5.10 Å². The second-order valence-corrected chi connectivity index (χ2v) is 7.57. The third-order valence-corrected chi connectivity index (χ3v) is 5.69. The molecule has 0 bridgehead atoms. The predicted molar refractivity (Wildman–Crippen MR) is 98.6 cm³/mol. The van der Waals surface area contributed by atoms with Crippen LogP contribution in [0.2, 0.25) is 0 Å². The maximum atomic E-state index is 13.0. The van der Waals surface area contributed by atoms with Crippen molar-refractivity contribution in [2.75, 3.05) is 33.0 Å². The molecule has 27 heavy (non-hydrogen) atoms. The molecule has 0 unspecified atom stereocenters. The zero-order chi connectivity index (χ0) is 18.2. The van der Waals surface area contributed by atoms with E-state index in [-0.39, 0.29) is 18.7 Å². The molecule has 1 amide bonds. The number of hydrogen-bond acceptors (Lipinski definition) is 5. The molecule has 5 rings (SSSR count). The van der Waals surface area contributed by atoms with E-state index in [1.807, 2.05) is 35.4 Å². The van der Waals surface area contributed by atoms with E-state index in [1.165, 1.54) is 12.8 Å². The predicted octanol–water partition coefficient (Wildman–Crippen LogP) is 1.83. The molecule has 3 aliphatic heterocycles. The number of carbonyl (C=O) groups excluding carboxylic acids is 1. The summed E-state index contributed by atoms with van der Waals surface area (Å²) in [6, 6.07) is 7.99. The summed E-state index contributed by atoms with van der Waals surface area (Å²) in [5, 5.41) is 4.52. The Morgan fingerprint density at radius 3 is 2.89 bits per heavy atom. The molecule has 7 nitrogen and oxygen atoms in total. The number of carbonyl (C=O) groups is 1. The molecule has 1 aromatic heterocycles. The molecule has 1 fully saturated rings. The first-order valence-electron chi connectivity index (χ1n) is 9.67. The van der Waals surface area contributed by atoms with Gasteiger partial charge >= 0.3 is 0 Å². The summed E-state index contributed by atoms with van der Waals surface area (Å²) in [7, 11) is 0. The molecular formula is C20H24N4O3. The zero-order valence-electron chi connectivity index (χ0n) is 15.3. The molecular weight excluding hydrogens is 344 g/mol. The van der Waals surface area contributed by atoms with Gasteiger partial charge in [-0.25, -0.2) is 0 Å². The Hall–Kier alpha value is -2.54. The fourth-order valence-electron chi connectivity index (χ4n) is 4.31. The summed E-state index contributed by atoms with van der Waals surface area (Å²) >= 11 is 0. The van der Waals surface area contributed by atoms with Gasteiger partial charge in [0.25, 0.3) is 0 Å². The molecule has 0 spiro atoms. The van der Waals surface area contributed by atoms with E-state index in [4.69, 9.17) is 9.47 Å². The molecule has 3 aliphatic rings. The number of fused-ring (bicyclic) bond motifs is 2. The molecule has 1 saturated heterocycles. The minimum Gasteiger partial charge on any atom is -0.454 e. The van der Waals surface area contributed by atoms with E-state index in [9.17, 15) is 4.79 Å². The van der Waals surface area contributed by atoms with Gasteiger partial charge in [0.1, 0.15) is 0 Å². The van der Waals surface area contributed by atoms with Crippen LogP contribution in [0, 0.1) is 0 Å². The lowest BCUT2D eigenvalue weighted by molar-refractivity contribution is -0.132. The fraction of sp³-hybridized carbons (Fsp3) is 0.500. The minimum absolute atomic E-state index is 0.146. The lowest BCUT2D eigenvalue weighted by Gasteiger charge is -2.35. The van der Waals surface area contributed by atoms with E-state index in [1.54, 1.807) is 0 Å². The number of rotatable bonds is 4. The second-order valence-electron chi connectivity index (χ2n) is 7.57. The Balaban J connectivity index is 1.30. The van der Waals surface area contributed by atoms with Crippen molar-refractivity contribution < 1.29 is 14.3 Å². The maximum Gasteiger partial charge on any atom is 0.231 e. The topological polar surface area (TPSA) is 59.8 Å². The van der Waals surface area contributed by atoms with Crippen LogP contribution in [0.5, 0.6) is 11.5 Å². The van der Waals surface area contributed by atoms with Crippen LogP contribution in [0.25, 0.3) is 0 Å². The zero-order valence-corrected chi connectivity index (χ0v) is 15.3. The largest absolute Gasteiger partial charge is 0.454 e. The van der Waals surface area contributed by atoms with Gasteiger partial charge in [0, 0.05) is 19.3 Å². The molecule has 2 aromatic rings. The van der Waals surface area contributed by atoms with Crippen molar-refractivity contribution in [2.45, 2.75) is 31.8 Å². The van der Waals surface area contributed by atoms with E-state index in [0.29, 0.717) is 19.5 Å². The fourth-order valence-corrected chi connectivity index (χ4v) is 4.31. The Morgan fingerprint density at radius 2 is 2.00 bits per heavy atom. The van der Waals surface area contributed by atoms with Crippen LogP contribution in [0.4, 0.5) is 0 Å². The van der Waals surface area contributed by atoms with E-state index in [2.05, 4.69) is 14.7 Å². The first-order valence-corrected chi connectivity index (χ1v) is 9.67. The number of aromatic nitrogens is 2. The molecule has 0 aliphatic carbocycles. The van der Waals surface area contributed by atoms with Crippen LogP contribution in [0.1, 0.15) is 30.1 Å². The highest BCUT2D eigenvalue weighted by molar-refractivity contribution is 5.79. The molecule has 0 radical (unpaired) electrons. The van der Waals surface area contributed by atoms with Crippen LogP contribution in [0.15, 0.2) is 30.5 Å². The van der Waals surface area contributed by atoms with E-state index >= 15 is 0 Å². The SMILES string of the molecule is O=C(Cc1ccc2c(c1)OCO2)N1Cc2ccnn2[C@H](CN2CCCC2)C1. The van der Waals surface area contributed by atoms with E-state index < -0.39 is 0 Å². The Labute approximate surface area is 158 Å². The van der Waals surface area contributed by atoms with Crippen molar-refractivity contribution in [1.29, 1.82) is 0 Å². The summed E-state index contributed by atoms with van der Waals surface area (Å²) < 4.78 is 12.9. The minimum atomic E-state index is 0.146. The quantitative estimate of drug-likeness (QED) is 0.824. The Kier molecular flexibility index (Phi) is 4.24. The number of hydrogen-bond donors (Lipinski definition) is 0. The summed E-state index contributed by atoms with van der Waals surface area (Å²) in [6.45, 7) is 4.86. The second kappa shape index (κ2) is 6.88. The highest BCUT2D eigenvalue weighted by atomic mass is 16.7. The van der Waals surface area contributed by atoms with Crippen molar-refractivity contribution in [3.8, 4) is 11.5 Å². The van der Waals surface area contributed by atoms with Crippen molar-refractivity contribution in [3.05, 3.63) is 41.7 Å². The molecule has 4 heterocycles. The molecule has 0 saturated carbocycles. The van der Waals surface area contributed by atoms with Gasteiger partial charge < -0.3 is 19.3 Å². The van der Waals surface area contributed by atoms with Crippen LogP contribution >= 0.6 is 0 Å². The van der Waals surface area contributed by atoms with Crippen LogP contribution in [0.3, 0.4) is 0 Å². The lowest BCUT2D eigenvalue weighted by atomic mass is 10.1. The van der Waals surface area contributed by atoms with Crippen LogP contribution in [-0.4, -0.2) is 58.5 Å². The van der Waals surface area contributed by atoms with Crippen molar-refractivity contribution in [3.63, 3.8) is 0 Å². The molecule has 7 heteroatoms. The highest BCUT2D eigenvalue weighted by Gasteiger charge is 2.30. The lowest BCUT2D eigenvalue weighted by Crippen LogP contribution is -2.45. The Morgan fingerprint density at radius 1 is 1.15 bits per heavy atom. The van der Waals surface area contributed by atoms with Gasteiger partial charge in [-0.3, -0.25) is 9.48 Å². The molecule has 142 valence electrons. The number of likely N-dealkylation sites (tertiary alicyclic amines) is 1. The standard InChI is InChI=1S/C20H24N4O3/c25-20(10-15-3-4-18-19(9-15)27-14-26-18)23-12-16-5-6-21-24(16)17(13-23)11-22-7-1-2-8-22/h3-6,9,17H,1-2,7-8,10-14H2/t17-/m1/s1. The van der Waals surface area contributed by atoms with Gasteiger partial charge in [0.15, 0.2) is 11.5 Å². The Bertz CT molecular complexity index is 844. The summed E-state index contributed by atoms with van der Waals surface area (Å²) in [6.07, 6.45) is 4.76. The summed E-state index contributed by atoms with van der Waals surface area (Å²) in [4.78, 5) is 17.5. The van der Waals surface area contributed by atoms with Crippen LogP contribution < -0.4 is 9.47 Å². The number of nitrogens with zero attached hydrogens (tertiary/aromatic N) is 4. The summed E-state index contributed by atoms with van der Waals surface area (Å²) in [5.41, 5.74) is 2.07. The monoisotopic (exact) mass is 368 g/mol. The normalized spacial score (nSPS) is 21.5. The van der Waals surface area contributed by atoms with Crippen LogP contribution in [-0.2, 0) is 17.8 Å². The number of amides is 1. The number of ether oxygens (including phenoxy) is 2. The first kappa shape index (κ1) is 16.6. The van der Waals surface area contributed by atoms with Gasteiger partial charge in [-0.15, -0.1) is 0 Å². The maximum absolute atomic E-state index is 13.0. The van der Waals surface area contributed by atoms with Gasteiger partial charge in [-0.05, 0) is 49.7 Å². The first-order chi connectivity index (χ1) is 13.3. The van der Waals surface area contributed by atoms with Crippen molar-refractivity contribution >= 4 is 5.91 Å². The van der Waals surface area contributed by atoms with Gasteiger partial charge in [0.05, 0.1) is 24.7 Å². The third-order valence-electron chi connectivity index (χ3n) is 5.69. The van der Waals surface area contributed by atoms with Gasteiger partial charge in [0.2, 0.25) is 12.7 Å².